The van der Waals surface area contributed by atoms with Crippen LogP contribution in [-0.4, -0.2) is 10.9 Å². The monoisotopic (exact) mass is 492 g/mol. The highest BCUT2D eigenvalue weighted by Gasteiger charge is 2.13. The van der Waals surface area contributed by atoms with Crippen LogP contribution in [0.2, 0.25) is 10.0 Å². The Morgan fingerprint density at radius 1 is 0.909 bits per heavy atom. The van der Waals surface area contributed by atoms with Gasteiger partial charge in [0.25, 0.3) is 0 Å². The number of aryl methyl sites for hydroxylation is 1. The zero-order chi connectivity index (χ0) is 23.2. The molecule has 3 aromatic carbocycles. The highest BCUT2D eigenvalue weighted by Crippen LogP contribution is 2.33. The van der Waals surface area contributed by atoms with Crippen LogP contribution < -0.4 is 10.5 Å². The molecule has 0 saturated carbocycles. The summed E-state index contributed by atoms with van der Waals surface area (Å²) in [5.41, 5.74) is 11.9. The summed E-state index contributed by atoms with van der Waals surface area (Å²) in [6, 6.07) is 27.5. The summed E-state index contributed by atoms with van der Waals surface area (Å²) in [5, 5.41) is 1.37. The van der Waals surface area contributed by atoms with Gasteiger partial charge in [0.1, 0.15) is 0 Å². The van der Waals surface area contributed by atoms with Crippen molar-refractivity contribution in [3.63, 3.8) is 0 Å². The second-order valence-corrected chi connectivity index (χ2v) is 9.11. The predicted molar refractivity (Wildman–Crippen MR) is 141 cm³/mol. The maximum Gasteiger partial charge on any atom is 0.199 e. The van der Waals surface area contributed by atoms with Crippen LogP contribution in [-0.2, 0) is 6.54 Å². The van der Waals surface area contributed by atoms with Crippen LogP contribution in [0.4, 0.5) is 0 Å². The number of aromatic nitrogens is 1. The van der Waals surface area contributed by atoms with E-state index >= 15 is 0 Å². The maximum absolute atomic E-state index is 6.12. The first kappa shape index (κ1) is 23.2. The normalized spacial score (nSPS) is 11.4. The van der Waals surface area contributed by atoms with Gasteiger partial charge >= 0.3 is 0 Å². The summed E-state index contributed by atoms with van der Waals surface area (Å²) in [5.74, 6) is 0.359. The van der Waals surface area contributed by atoms with Gasteiger partial charge in [0.15, 0.2) is 5.96 Å². The zero-order valence-electron chi connectivity index (χ0n) is 17.9. The summed E-state index contributed by atoms with van der Waals surface area (Å²) in [6.45, 7) is 2.40. The number of nitrogens with two attached hydrogens (primary N) is 1. The van der Waals surface area contributed by atoms with Gasteiger partial charge in [-0.3, -0.25) is 9.71 Å². The van der Waals surface area contributed by atoms with Gasteiger partial charge in [0, 0.05) is 31.8 Å². The molecule has 4 nitrogen and oxygen atoms in total. The lowest BCUT2D eigenvalue weighted by atomic mass is 9.96. The average Bonchev–Trinajstić information content (AvgIpc) is 2.83. The van der Waals surface area contributed by atoms with Crippen LogP contribution in [0.15, 0.2) is 94.8 Å². The molecule has 0 saturated heterocycles. The number of benzene rings is 3. The number of pyridine rings is 1. The number of hydrogen-bond acceptors (Lipinski definition) is 3. The summed E-state index contributed by atoms with van der Waals surface area (Å²) >= 11 is 13.6. The van der Waals surface area contributed by atoms with Crippen LogP contribution >= 0.6 is 35.1 Å². The first-order chi connectivity index (χ1) is 16.0. The van der Waals surface area contributed by atoms with Crippen LogP contribution in [0.1, 0.15) is 11.3 Å². The van der Waals surface area contributed by atoms with E-state index in [1.807, 2.05) is 85.8 Å². The average molecular weight is 493 g/mol. The first-order valence-electron chi connectivity index (χ1n) is 10.3. The number of nitrogens with zero attached hydrogens (tertiary/aromatic N) is 2. The van der Waals surface area contributed by atoms with Crippen LogP contribution in [0.3, 0.4) is 0 Å². The summed E-state index contributed by atoms with van der Waals surface area (Å²) < 4.78 is 3.08. The van der Waals surface area contributed by atoms with Gasteiger partial charge < -0.3 is 5.73 Å². The molecular formula is C26H22Cl2N4S. The highest BCUT2D eigenvalue weighted by atomic mass is 35.5. The van der Waals surface area contributed by atoms with Gasteiger partial charge in [-0.25, -0.2) is 4.99 Å². The number of halogens is 2. The lowest BCUT2D eigenvalue weighted by molar-refractivity contribution is 0.998. The minimum Gasteiger partial charge on any atom is -0.369 e. The molecule has 4 rings (SSSR count). The topological polar surface area (TPSA) is 63.3 Å². The molecule has 7 heteroatoms. The van der Waals surface area contributed by atoms with Crippen molar-refractivity contribution in [2.45, 2.75) is 18.4 Å². The van der Waals surface area contributed by atoms with Gasteiger partial charge in [-0.2, -0.15) is 0 Å². The van der Waals surface area contributed by atoms with Gasteiger partial charge in [-0.05, 0) is 72.5 Å². The fourth-order valence-corrected chi connectivity index (χ4v) is 4.12. The number of hydrogen-bond donors (Lipinski definition) is 2. The fraction of sp³-hybridized carbons (Fsp3) is 0.0769. The van der Waals surface area contributed by atoms with E-state index in [2.05, 4.69) is 15.8 Å². The molecule has 166 valence electrons. The first-order valence-corrected chi connectivity index (χ1v) is 11.9. The van der Waals surface area contributed by atoms with Crippen molar-refractivity contribution in [1.29, 1.82) is 0 Å². The van der Waals surface area contributed by atoms with E-state index < -0.39 is 0 Å². The van der Waals surface area contributed by atoms with Gasteiger partial charge in [-0.15, -0.1) is 0 Å². The Bertz CT molecular complexity index is 1260. The van der Waals surface area contributed by atoms with E-state index in [1.165, 1.54) is 11.9 Å². The number of rotatable bonds is 6. The summed E-state index contributed by atoms with van der Waals surface area (Å²) in [7, 11) is 0. The maximum atomic E-state index is 6.12. The zero-order valence-corrected chi connectivity index (χ0v) is 20.3. The molecule has 0 atom stereocenters. The van der Waals surface area contributed by atoms with E-state index in [0.717, 1.165) is 38.5 Å². The van der Waals surface area contributed by atoms with Gasteiger partial charge in [0.05, 0.1) is 12.2 Å². The summed E-state index contributed by atoms with van der Waals surface area (Å²) in [6.07, 6.45) is 0. The van der Waals surface area contributed by atoms with Crippen LogP contribution in [0, 0.1) is 6.92 Å². The smallest absolute Gasteiger partial charge is 0.199 e. The molecule has 0 radical (unpaired) electrons. The third kappa shape index (κ3) is 6.08. The molecule has 4 aromatic rings. The number of guanidine groups is 1. The molecule has 1 aromatic heterocycles. The molecule has 3 N–H and O–H groups in total. The Hall–Kier alpha value is -2.99. The highest BCUT2D eigenvalue weighted by molar-refractivity contribution is 7.98. The van der Waals surface area contributed by atoms with E-state index in [1.54, 1.807) is 0 Å². The molecule has 0 spiro atoms. The Kier molecular flexibility index (Phi) is 7.55. The van der Waals surface area contributed by atoms with Crippen molar-refractivity contribution in [2.24, 2.45) is 10.7 Å². The molecular weight excluding hydrogens is 471 g/mol. The Balaban J connectivity index is 1.64. The molecule has 0 bridgehead atoms. The van der Waals surface area contributed by atoms with Crippen molar-refractivity contribution in [3.8, 4) is 22.4 Å². The van der Waals surface area contributed by atoms with E-state index in [4.69, 9.17) is 33.9 Å². The number of nitrogens with one attached hydrogen (secondary N) is 1. The van der Waals surface area contributed by atoms with Crippen molar-refractivity contribution in [3.05, 3.63) is 106 Å². The van der Waals surface area contributed by atoms with Crippen molar-refractivity contribution >= 4 is 41.1 Å². The van der Waals surface area contributed by atoms with Gasteiger partial charge in [0.2, 0.25) is 0 Å². The molecule has 0 unspecified atom stereocenters. The number of aliphatic imine (C=N–C) groups is 1. The molecule has 0 aliphatic carbocycles. The van der Waals surface area contributed by atoms with E-state index in [0.29, 0.717) is 22.5 Å². The fourth-order valence-electron chi connectivity index (χ4n) is 3.29. The molecule has 1 heterocycles. The lowest BCUT2D eigenvalue weighted by Crippen LogP contribution is -2.26. The van der Waals surface area contributed by atoms with Crippen molar-refractivity contribution in [1.82, 2.24) is 9.71 Å². The van der Waals surface area contributed by atoms with Crippen LogP contribution in [0.5, 0.6) is 0 Å². The standard InChI is InChI=1S/C26H22Cl2N4S/c1-17-20(16-30-26(29)32-33-23-5-3-2-4-6-23)15-24(18-7-11-21(27)12-8-18)25(31-17)19-9-13-22(28)14-10-19/h2-15H,16H2,1H3,(H3,29,30,32). The lowest BCUT2D eigenvalue weighted by Gasteiger charge is -2.14. The molecule has 33 heavy (non-hydrogen) atoms. The second kappa shape index (κ2) is 10.8. The molecule has 0 aliphatic rings. The minimum absolute atomic E-state index is 0.359. The Labute approximate surface area is 208 Å². The quantitative estimate of drug-likeness (QED) is 0.170. The van der Waals surface area contributed by atoms with E-state index in [-0.39, 0.29) is 0 Å². The third-order valence-corrected chi connectivity index (χ3v) is 6.35. The largest absolute Gasteiger partial charge is 0.369 e. The molecule has 0 fully saturated rings. The van der Waals surface area contributed by atoms with Crippen molar-refractivity contribution < 1.29 is 0 Å². The second-order valence-electron chi connectivity index (χ2n) is 7.36. The Morgan fingerprint density at radius 2 is 1.52 bits per heavy atom. The Morgan fingerprint density at radius 3 is 2.15 bits per heavy atom. The summed E-state index contributed by atoms with van der Waals surface area (Å²) in [4.78, 5) is 10.5. The van der Waals surface area contributed by atoms with Gasteiger partial charge in [-0.1, -0.05) is 65.7 Å². The van der Waals surface area contributed by atoms with Crippen LogP contribution in [0.25, 0.3) is 22.4 Å². The van der Waals surface area contributed by atoms with Crippen molar-refractivity contribution in [2.75, 3.05) is 0 Å². The third-order valence-electron chi connectivity index (χ3n) is 5.03. The predicted octanol–water partition coefficient (Wildman–Crippen LogP) is 7.14. The minimum atomic E-state index is 0.359. The SMILES string of the molecule is Cc1nc(-c2ccc(Cl)cc2)c(-c2ccc(Cl)cc2)cc1CN=C(N)NSc1ccccc1. The van der Waals surface area contributed by atoms with E-state index in [9.17, 15) is 0 Å². The molecule has 0 aliphatic heterocycles. The molecule has 0 amide bonds.